The van der Waals surface area contributed by atoms with E-state index >= 15 is 0 Å². The van der Waals surface area contributed by atoms with Gasteiger partial charge in [-0.05, 0) is 39.9 Å². The fourth-order valence-electron chi connectivity index (χ4n) is 3.61. The summed E-state index contributed by atoms with van der Waals surface area (Å²) in [7, 11) is 0. The first-order valence-electron chi connectivity index (χ1n) is 7.68. The summed E-state index contributed by atoms with van der Waals surface area (Å²) in [5.74, 6) is 4.51. The Kier molecular flexibility index (Phi) is 2.36. The van der Waals surface area contributed by atoms with E-state index < -0.39 is 0 Å². The molecule has 1 nitrogen and oxygen atoms in total. The number of allylic oxidation sites excluding steroid dienone is 2. The van der Waals surface area contributed by atoms with Gasteiger partial charge in [0.2, 0.25) is 0 Å². The number of fused-ring (bicyclic) bond motifs is 7. The van der Waals surface area contributed by atoms with Gasteiger partial charge in [0.25, 0.3) is 0 Å². The number of hydrogen-bond donors (Lipinski definition) is 0. The Bertz CT molecular complexity index is 997. The van der Waals surface area contributed by atoms with Gasteiger partial charge in [0.1, 0.15) is 0 Å². The number of benzene rings is 3. The minimum atomic E-state index is 0.338. The fourth-order valence-corrected chi connectivity index (χ4v) is 3.61. The molecule has 0 aromatic heterocycles. The fraction of sp³-hybridized carbons (Fsp3) is 0. The first-order chi connectivity index (χ1) is 10.9. The maximum Gasteiger partial charge on any atom is 0.312 e. The van der Waals surface area contributed by atoms with Crippen molar-refractivity contribution in [1.82, 2.24) is 0 Å². The zero-order valence-corrected chi connectivity index (χ0v) is 12.1. The molecule has 3 aromatic rings. The van der Waals surface area contributed by atoms with Crippen LogP contribution in [0.3, 0.4) is 0 Å². The standard InChI is InChI=1S/C20H14BN/c1-2-6-17-15(5-1)7-8-16-9-10-19-18(20(16)17)11-13-21-12-3-4-14-22(19)21/h1-14H. The molecule has 0 saturated heterocycles. The predicted octanol–water partition coefficient (Wildman–Crippen LogP) is 4.98. The molecule has 2 heteroatoms. The quantitative estimate of drug-likeness (QED) is 0.414. The van der Waals surface area contributed by atoms with Crippen LogP contribution in [0.1, 0.15) is 5.56 Å². The van der Waals surface area contributed by atoms with Crippen LogP contribution in [-0.4, -0.2) is 6.85 Å². The minimum absolute atomic E-state index is 0.338. The lowest BCUT2D eigenvalue weighted by molar-refractivity contribution is 1.37. The molecule has 102 valence electrons. The topological polar surface area (TPSA) is 3.24 Å². The molecule has 3 aromatic carbocycles. The SMILES string of the molecule is C1=CB2C=Cc3c(ccc4ccc5ccccc5c34)N2C=C1. The number of nitrogens with zero attached hydrogens (tertiary/aromatic N) is 1. The third kappa shape index (κ3) is 1.55. The maximum absolute atomic E-state index is 2.34. The third-order valence-corrected chi connectivity index (χ3v) is 4.65. The van der Waals surface area contributed by atoms with Crippen molar-refractivity contribution < 1.29 is 0 Å². The van der Waals surface area contributed by atoms with Crippen molar-refractivity contribution in [1.29, 1.82) is 0 Å². The smallest absolute Gasteiger partial charge is 0.312 e. The van der Waals surface area contributed by atoms with Gasteiger partial charge >= 0.3 is 6.85 Å². The Morgan fingerprint density at radius 3 is 2.64 bits per heavy atom. The van der Waals surface area contributed by atoms with E-state index in [9.17, 15) is 0 Å². The Morgan fingerprint density at radius 1 is 0.773 bits per heavy atom. The predicted molar refractivity (Wildman–Crippen MR) is 97.0 cm³/mol. The van der Waals surface area contributed by atoms with Crippen LogP contribution in [-0.2, 0) is 0 Å². The normalized spacial score (nSPS) is 15.5. The van der Waals surface area contributed by atoms with Crippen LogP contribution in [0, 0.1) is 0 Å². The van der Waals surface area contributed by atoms with Crippen molar-refractivity contribution >= 4 is 40.2 Å². The highest BCUT2D eigenvalue weighted by Crippen LogP contribution is 2.38. The van der Waals surface area contributed by atoms with Gasteiger partial charge in [-0.25, -0.2) is 0 Å². The van der Waals surface area contributed by atoms with Crippen molar-refractivity contribution in [3.8, 4) is 0 Å². The van der Waals surface area contributed by atoms with E-state index in [1.54, 1.807) is 0 Å². The lowest BCUT2D eigenvalue weighted by Crippen LogP contribution is -2.35. The van der Waals surface area contributed by atoms with Gasteiger partial charge in [-0.15, -0.1) is 0 Å². The average Bonchev–Trinajstić information content (AvgIpc) is 2.60. The van der Waals surface area contributed by atoms with E-state index in [0.29, 0.717) is 6.85 Å². The van der Waals surface area contributed by atoms with Gasteiger partial charge in [-0.1, -0.05) is 66.6 Å². The summed E-state index contributed by atoms with van der Waals surface area (Å²) in [6.45, 7) is 0.338. The molecule has 0 aliphatic carbocycles. The number of hydrogen-bond acceptors (Lipinski definition) is 1. The van der Waals surface area contributed by atoms with Gasteiger partial charge in [0, 0.05) is 11.3 Å². The molecule has 2 aliphatic heterocycles. The van der Waals surface area contributed by atoms with Crippen molar-refractivity contribution in [2.24, 2.45) is 0 Å². The van der Waals surface area contributed by atoms with Gasteiger partial charge < -0.3 is 4.81 Å². The highest BCUT2D eigenvalue weighted by atomic mass is 15.1. The zero-order chi connectivity index (χ0) is 14.5. The van der Waals surface area contributed by atoms with Crippen LogP contribution in [0.4, 0.5) is 5.69 Å². The number of anilines is 1. The van der Waals surface area contributed by atoms with E-state index in [4.69, 9.17) is 0 Å². The first kappa shape index (κ1) is 11.9. The second-order valence-electron chi connectivity index (χ2n) is 5.87. The summed E-state index contributed by atoms with van der Waals surface area (Å²) >= 11 is 0. The Hall–Kier alpha value is -2.74. The minimum Gasteiger partial charge on any atom is -0.383 e. The highest BCUT2D eigenvalue weighted by molar-refractivity contribution is 6.75. The van der Waals surface area contributed by atoms with E-state index in [-0.39, 0.29) is 0 Å². The van der Waals surface area contributed by atoms with Gasteiger partial charge in [0.15, 0.2) is 0 Å². The van der Waals surface area contributed by atoms with E-state index in [2.05, 4.69) is 89.7 Å². The Balaban J connectivity index is 1.91. The van der Waals surface area contributed by atoms with Crippen molar-refractivity contribution in [2.45, 2.75) is 0 Å². The molecule has 0 atom stereocenters. The van der Waals surface area contributed by atoms with Crippen LogP contribution < -0.4 is 4.81 Å². The Labute approximate surface area is 130 Å². The summed E-state index contributed by atoms with van der Waals surface area (Å²) in [5, 5.41) is 5.29. The van der Waals surface area contributed by atoms with Gasteiger partial charge in [0.05, 0.1) is 0 Å². The van der Waals surface area contributed by atoms with E-state index in [0.717, 1.165) is 0 Å². The van der Waals surface area contributed by atoms with E-state index in [1.807, 2.05) is 0 Å². The summed E-state index contributed by atoms with van der Waals surface area (Å²) in [6, 6.07) is 17.6. The zero-order valence-electron chi connectivity index (χ0n) is 12.1. The van der Waals surface area contributed by atoms with Crippen LogP contribution in [0.15, 0.2) is 78.8 Å². The second-order valence-corrected chi connectivity index (χ2v) is 5.87. The third-order valence-electron chi connectivity index (χ3n) is 4.65. The lowest BCUT2D eigenvalue weighted by atomic mass is 9.57. The van der Waals surface area contributed by atoms with Crippen molar-refractivity contribution in [3.63, 3.8) is 0 Å². The van der Waals surface area contributed by atoms with Crippen LogP contribution in [0.25, 0.3) is 27.6 Å². The summed E-state index contributed by atoms with van der Waals surface area (Å²) in [5.41, 5.74) is 2.61. The molecule has 2 aliphatic rings. The molecule has 0 amide bonds. The van der Waals surface area contributed by atoms with E-state index in [1.165, 1.54) is 32.8 Å². The molecule has 0 N–H and O–H groups in total. The largest absolute Gasteiger partial charge is 0.383 e. The maximum atomic E-state index is 2.34. The first-order valence-corrected chi connectivity index (χ1v) is 7.68. The molecule has 0 saturated carbocycles. The summed E-state index contributed by atoms with van der Waals surface area (Å²) < 4.78 is 0. The average molecular weight is 279 g/mol. The molecule has 0 radical (unpaired) electrons. The molecule has 22 heavy (non-hydrogen) atoms. The molecule has 0 unspecified atom stereocenters. The van der Waals surface area contributed by atoms with Gasteiger partial charge in [-0.2, -0.15) is 0 Å². The van der Waals surface area contributed by atoms with Crippen LogP contribution >= 0.6 is 0 Å². The van der Waals surface area contributed by atoms with Gasteiger partial charge in [-0.3, -0.25) is 0 Å². The summed E-state index contributed by atoms with van der Waals surface area (Å²) in [6.07, 6.45) is 8.68. The molecule has 0 fully saturated rings. The molecule has 0 spiro atoms. The number of rotatable bonds is 0. The van der Waals surface area contributed by atoms with Crippen LogP contribution in [0.5, 0.6) is 0 Å². The molecule has 0 bridgehead atoms. The molecular formula is C20H14BN. The van der Waals surface area contributed by atoms with Crippen molar-refractivity contribution in [3.05, 3.63) is 84.4 Å². The molecule has 2 heterocycles. The lowest BCUT2D eigenvalue weighted by Gasteiger charge is -2.31. The van der Waals surface area contributed by atoms with Crippen molar-refractivity contribution in [2.75, 3.05) is 4.81 Å². The monoisotopic (exact) mass is 279 g/mol. The molecule has 5 rings (SSSR count). The molecular weight excluding hydrogens is 265 g/mol. The second kappa shape index (κ2) is 4.38. The summed E-state index contributed by atoms with van der Waals surface area (Å²) in [4.78, 5) is 2.34. The highest BCUT2D eigenvalue weighted by Gasteiger charge is 2.25. The van der Waals surface area contributed by atoms with Crippen LogP contribution in [0.2, 0.25) is 0 Å². The Morgan fingerprint density at radius 2 is 1.64 bits per heavy atom.